The third kappa shape index (κ3) is 4.17. The van der Waals surface area contributed by atoms with Crippen molar-refractivity contribution in [1.29, 1.82) is 0 Å². The molecule has 166 valence electrons. The van der Waals surface area contributed by atoms with Crippen molar-refractivity contribution in [3.63, 3.8) is 0 Å². The van der Waals surface area contributed by atoms with Gasteiger partial charge in [0, 0.05) is 41.7 Å². The van der Waals surface area contributed by atoms with Crippen LogP contribution in [-0.2, 0) is 14.3 Å². The van der Waals surface area contributed by atoms with E-state index in [0.717, 1.165) is 28.3 Å². The number of aromatic nitrogens is 1. The van der Waals surface area contributed by atoms with Gasteiger partial charge in [0.25, 0.3) is 0 Å². The molecule has 6 heteroatoms. The number of ether oxygens (including phenoxy) is 2. The minimum absolute atomic E-state index is 0.0451. The molecule has 32 heavy (non-hydrogen) atoms. The maximum atomic E-state index is 13.5. The Hall–Kier alpha value is -3.41. The predicted octanol–water partition coefficient (Wildman–Crippen LogP) is 4.40. The van der Waals surface area contributed by atoms with Crippen LogP contribution in [0, 0.1) is 0 Å². The van der Waals surface area contributed by atoms with E-state index < -0.39 is 11.9 Å². The van der Waals surface area contributed by atoms with Crippen LogP contribution in [0.25, 0.3) is 0 Å². The number of dihydropyridines is 1. The van der Waals surface area contributed by atoms with Crippen molar-refractivity contribution in [3.05, 3.63) is 82.5 Å². The molecule has 2 atom stereocenters. The van der Waals surface area contributed by atoms with E-state index in [1.54, 1.807) is 19.5 Å². The molecule has 2 heterocycles. The molecule has 0 bridgehead atoms. The van der Waals surface area contributed by atoms with Gasteiger partial charge in [-0.25, -0.2) is 4.79 Å². The van der Waals surface area contributed by atoms with Crippen molar-refractivity contribution in [3.8, 4) is 5.75 Å². The number of nitrogens with one attached hydrogen (secondary N) is 1. The van der Waals surface area contributed by atoms with Crippen molar-refractivity contribution >= 4 is 11.8 Å². The average molecular weight is 433 g/mol. The topological polar surface area (TPSA) is 77.5 Å². The summed E-state index contributed by atoms with van der Waals surface area (Å²) in [5.74, 6) is 0.0307. The lowest BCUT2D eigenvalue weighted by molar-refractivity contribution is -0.143. The summed E-state index contributed by atoms with van der Waals surface area (Å²) in [6, 6.07) is 11.6. The van der Waals surface area contributed by atoms with E-state index in [2.05, 4.69) is 10.3 Å². The molecular weight excluding hydrogens is 404 g/mol. The Kier molecular flexibility index (Phi) is 6.12. The Morgan fingerprint density at radius 3 is 2.38 bits per heavy atom. The zero-order valence-electron chi connectivity index (χ0n) is 18.8. The maximum Gasteiger partial charge on any atom is 0.337 e. The summed E-state index contributed by atoms with van der Waals surface area (Å²) in [5.41, 5.74) is 4.70. The van der Waals surface area contributed by atoms with E-state index >= 15 is 0 Å². The number of carbonyl (C=O) groups excluding carboxylic acids is 2. The number of Topliss-reactive ketones (excluding diaryl/α,β-unsaturated/α-hetero) is 1. The van der Waals surface area contributed by atoms with Gasteiger partial charge in [-0.3, -0.25) is 9.78 Å². The highest BCUT2D eigenvalue weighted by atomic mass is 16.5. The third-order valence-electron chi connectivity index (χ3n) is 6.02. The van der Waals surface area contributed by atoms with Crippen LogP contribution in [0.4, 0.5) is 0 Å². The number of hydrogen-bond donors (Lipinski definition) is 1. The first-order valence-electron chi connectivity index (χ1n) is 10.9. The van der Waals surface area contributed by atoms with Crippen molar-refractivity contribution in [2.45, 2.75) is 51.6 Å². The molecule has 0 saturated carbocycles. The van der Waals surface area contributed by atoms with Crippen LogP contribution in [0.5, 0.6) is 5.75 Å². The highest BCUT2D eigenvalue weighted by Crippen LogP contribution is 2.45. The third-order valence-corrected chi connectivity index (χ3v) is 6.02. The van der Waals surface area contributed by atoms with Crippen molar-refractivity contribution < 1.29 is 19.1 Å². The summed E-state index contributed by atoms with van der Waals surface area (Å²) in [6.07, 6.45) is 4.20. The highest BCUT2D eigenvalue weighted by Gasteiger charge is 2.41. The fourth-order valence-corrected chi connectivity index (χ4v) is 4.59. The predicted molar refractivity (Wildman–Crippen MR) is 121 cm³/mol. The number of methoxy groups -OCH3 is 1. The molecule has 2 aliphatic rings. The molecule has 1 aliphatic carbocycles. The number of hydrogen-bond acceptors (Lipinski definition) is 6. The summed E-state index contributed by atoms with van der Waals surface area (Å²) in [4.78, 5) is 30.7. The molecule has 0 saturated heterocycles. The van der Waals surface area contributed by atoms with Crippen LogP contribution in [-0.4, -0.2) is 30.0 Å². The van der Waals surface area contributed by atoms with Gasteiger partial charge in [0.15, 0.2) is 5.78 Å². The van der Waals surface area contributed by atoms with Gasteiger partial charge in [-0.05, 0) is 68.5 Å². The lowest BCUT2D eigenvalue weighted by atomic mass is 9.72. The molecule has 0 radical (unpaired) electrons. The number of nitrogens with zero attached hydrogens (tertiary/aromatic N) is 1. The first kappa shape index (κ1) is 21.8. The summed E-state index contributed by atoms with van der Waals surface area (Å²) in [6.45, 7) is 5.51. The molecule has 1 aromatic heterocycles. The highest BCUT2D eigenvalue weighted by molar-refractivity contribution is 6.04. The lowest BCUT2D eigenvalue weighted by Crippen LogP contribution is -2.36. The summed E-state index contributed by atoms with van der Waals surface area (Å²) >= 11 is 0. The standard InChI is InChI=1S/C26H28N2O4/c1-15(2)32-26(30)23-16(3)28-21-13-19(17-5-7-20(31-4)8-6-17)14-22(29)25(21)24(23)18-9-11-27-12-10-18/h5-12,15,19,24,28H,13-14H2,1-4H3/t19-,24+/m1/s1. The van der Waals surface area contributed by atoms with E-state index in [9.17, 15) is 9.59 Å². The van der Waals surface area contributed by atoms with Crippen molar-refractivity contribution in [1.82, 2.24) is 10.3 Å². The van der Waals surface area contributed by atoms with Gasteiger partial charge in [-0.1, -0.05) is 12.1 Å². The number of carbonyl (C=O) groups is 2. The van der Waals surface area contributed by atoms with Gasteiger partial charge in [-0.15, -0.1) is 0 Å². The Morgan fingerprint density at radius 2 is 1.75 bits per heavy atom. The number of allylic oxidation sites excluding steroid dienone is 3. The number of rotatable bonds is 5. The minimum atomic E-state index is -0.468. The Balaban J connectivity index is 1.74. The first-order chi connectivity index (χ1) is 15.4. The second-order valence-corrected chi connectivity index (χ2v) is 8.53. The van der Waals surface area contributed by atoms with E-state index in [1.807, 2.05) is 57.2 Å². The molecule has 0 fully saturated rings. The van der Waals surface area contributed by atoms with E-state index in [-0.39, 0.29) is 17.8 Å². The quantitative estimate of drug-likeness (QED) is 0.706. The Morgan fingerprint density at radius 1 is 1.06 bits per heavy atom. The molecule has 1 N–H and O–H groups in total. The second-order valence-electron chi connectivity index (χ2n) is 8.53. The molecule has 6 nitrogen and oxygen atoms in total. The van der Waals surface area contributed by atoms with Gasteiger partial charge in [0.05, 0.1) is 18.8 Å². The Bertz CT molecular complexity index is 1080. The zero-order chi connectivity index (χ0) is 22.8. The molecule has 0 spiro atoms. The maximum absolute atomic E-state index is 13.5. The van der Waals surface area contributed by atoms with Crippen LogP contribution in [0.15, 0.2) is 71.3 Å². The fourth-order valence-electron chi connectivity index (χ4n) is 4.59. The summed E-state index contributed by atoms with van der Waals surface area (Å²) in [5, 5.41) is 3.37. The average Bonchev–Trinajstić information content (AvgIpc) is 2.78. The first-order valence-corrected chi connectivity index (χ1v) is 10.9. The van der Waals surface area contributed by atoms with Gasteiger partial charge in [0.1, 0.15) is 5.75 Å². The van der Waals surface area contributed by atoms with Crippen LogP contribution < -0.4 is 10.1 Å². The molecule has 4 rings (SSSR count). The van der Waals surface area contributed by atoms with Crippen LogP contribution in [0.2, 0.25) is 0 Å². The van der Waals surface area contributed by atoms with Gasteiger partial charge >= 0.3 is 5.97 Å². The van der Waals surface area contributed by atoms with Crippen LogP contribution in [0.1, 0.15) is 56.6 Å². The number of pyridine rings is 1. The molecule has 2 aromatic rings. The van der Waals surface area contributed by atoms with Gasteiger partial charge in [-0.2, -0.15) is 0 Å². The molecule has 1 aliphatic heterocycles. The molecule has 0 unspecified atom stereocenters. The van der Waals surface area contributed by atoms with Crippen LogP contribution >= 0.6 is 0 Å². The molecule has 1 aromatic carbocycles. The van der Waals surface area contributed by atoms with E-state index in [0.29, 0.717) is 24.0 Å². The van der Waals surface area contributed by atoms with Crippen molar-refractivity contribution in [2.75, 3.05) is 7.11 Å². The van der Waals surface area contributed by atoms with Crippen molar-refractivity contribution in [2.24, 2.45) is 0 Å². The largest absolute Gasteiger partial charge is 0.497 e. The molecule has 0 amide bonds. The number of ketones is 1. The SMILES string of the molecule is COc1ccc([C@H]2CC(=O)C3=C(C2)NC(C)=C(C(=O)OC(C)C)[C@@H]3c2ccncc2)cc1. The van der Waals surface area contributed by atoms with E-state index in [1.165, 1.54) is 0 Å². The van der Waals surface area contributed by atoms with E-state index in [4.69, 9.17) is 9.47 Å². The molecular formula is C26H28N2O4. The van der Waals surface area contributed by atoms with Gasteiger partial charge < -0.3 is 14.8 Å². The fraction of sp³-hybridized carbons (Fsp3) is 0.346. The Labute approximate surface area is 188 Å². The second kappa shape index (κ2) is 8.99. The lowest BCUT2D eigenvalue weighted by Gasteiger charge is -2.36. The smallest absolute Gasteiger partial charge is 0.337 e. The summed E-state index contributed by atoms with van der Waals surface area (Å²) in [7, 11) is 1.64. The normalized spacial score (nSPS) is 20.7. The minimum Gasteiger partial charge on any atom is -0.497 e. The monoisotopic (exact) mass is 432 g/mol. The van der Waals surface area contributed by atoms with Gasteiger partial charge in [0.2, 0.25) is 0 Å². The number of esters is 1. The zero-order valence-corrected chi connectivity index (χ0v) is 18.8. The number of benzene rings is 1. The summed E-state index contributed by atoms with van der Waals surface area (Å²) < 4.78 is 10.8. The van der Waals surface area contributed by atoms with Crippen LogP contribution in [0.3, 0.4) is 0 Å².